The predicted octanol–water partition coefficient (Wildman–Crippen LogP) is 7.02. The van der Waals surface area contributed by atoms with E-state index >= 15 is 0 Å². The Bertz CT molecular complexity index is 2020. The van der Waals surface area contributed by atoms with E-state index in [1.807, 2.05) is 3.28 Å². The largest absolute Gasteiger partial charge is 1.00 e. The molecular formula is C48H60Cl2Zr. The smallest absolute Gasteiger partial charge is 1.00 e. The Morgan fingerprint density at radius 1 is 0.765 bits per heavy atom. The summed E-state index contributed by atoms with van der Waals surface area (Å²) < 4.78 is 3.77. The van der Waals surface area contributed by atoms with Gasteiger partial charge in [0.2, 0.25) is 0 Å². The number of fused-ring (bicyclic) bond motifs is 8. The Kier molecular flexibility index (Phi) is 9.42. The number of aryl methyl sites for hydroxylation is 1. The molecule has 4 bridgehead atoms. The van der Waals surface area contributed by atoms with Crippen LogP contribution in [0.2, 0.25) is 0 Å². The summed E-state index contributed by atoms with van der Waals surface area (Å²) in [6.07, 6.45) is 17.5. The van der Waals surface area contributed by atoms with Gasteiger partial charge in [-0.25, -0.2) is 0 Å². The topological polar surface area (TPSA) is 0 Å². The van der Waals surface area contributed by atoms with Crippen molar-refractivity contribution in [2.24, 2.45) is 40.4 Å². The van der Waals surface area contributed by atoms with Gasteiger partial charge in [0, 0.05) is 0 Å². The molecule has 3 aromatic carbocycles. The molecule has 6 unspecified atom stereocenters. The van der Waals surface area contributed by atoms with Gasteiger partial charge in [-0.3, -0.25) is 0 Å². The molecule has 4 fully saturated rings. The molecule has 7 aliphatic carbocycles. The monoisotopic (exact) mass is 796 g/mol. The first-order valence-electron chi connectivity index (χ1n) is 20.0. The van der Waals surface area contributed by atoms with Crippen LogP contribution >= 0.6 is 0 Å². The summed E-state index contributed by atoms with van der Waals surface area (Å²) in [6.45, 7) is 28.1. The predicted molar refractivity (Wildman–Crippen MR) is 207 cm³/mol. The maximum atomic E-state index is 2.94. The molecule has 3 aromatic rings. The van der Waals surface area contributed by atoms with Crippen molar-refractivity contribution in [3.63, 3.8) is 0 Å². The Balaban J connectivity index is 0.00000203. The second-order valence-electron chi connectivity index (χ2n) is 19.2. The van der Waals surface area contributed by atoms with Gasteiger partial charge < -0.3 is 24.8 Å². The number of halogens is 2. The van der Waals surface area contributed by atoms with Crippen molar-refractivity contribution >= 4 is 14.0 Å². The number of benzene rings is 3. The van der Waals surface area contributed by atoms with Gasteiger partial charge in [0.1, 0.15) is 0 Å². The Hall–Kier alpha value is -1.27. The van der Waals surface area contributed by atoms with Crippen LogP contribution < -0.4 is 24.8 Å². The summed E-state index contributed by atoms with van der Waals surface area (Å²) in [5, 5.41) is 3.03. The zero-order chi connectivity index (χ0) is 34.5. The molecule has 270 valence electrons. The molecule has 0 saturated heterocycles. The van der Waals surface area contributed by atoms with E-state index in [-0.39, 0.29) is 33.4 Å². The number of hydrogen-bond donors (Lipinski definition) is 0. The molecule has 0 radical (unpaired) electrons. The van der Waals surface area contributed by atoms with Crippen molar-refractivity contribution < 1.29 is 46.1 Å². The minimum atomic E-state index is -2.54. The molecule has 7 aliphatic rings. The number of allylic oxidation sites excluding steroid dienone is 4. The van der Waals surface area contributed by atoms with Crippen molar-refractivity contribution in [1.29, 1.82) is 0 Å². The third-order valence-electron chi connectivity index (χ3n) is 16.7. The molecular weight excluding hydrogens is 739 g/mol. The van der Waals surface area contributed by atoms with Crippen LogP contribution in [0.5, 0.6) is 0 Å². The summed E-state index contributed by atoms with van der Waals surface area (Å²) >= 11 is -2.54. The molecule has 0 aliphatic heterocycles. The minimum absolute atomic E-state index is 0. The molecule has 51 heavy (non-hydrogen) atoms. The fraction of sp³-hybridized carbons (Fsp3) is 0.562. The van der Waals surface area contributed by atoms with Crippen molar-refractivity contribution in [1.82, 2.24) is 0 Å². The fourth-order valence-electron chi connectivity index (χ4n) is 14.1. The first-order chi connectivity index (χ1) is 23.2. The normalized spacial score (nSPS) is 36.4. The van der Waals surface area contributed by atoms with Crippen molar-refractivity contribution in [3.8, 4) is 11.1 Å². The van der Waals surface area contributed by atoms with Crippen LogP contribution in [-0.4, -0.2) is 3.21 Å². The van der Waals surface area contributed by atoms with Gasteiger partial charge in [-0.2, -0.15) is 0 Å². The van der Waals surface area contributed by atoms with E-state index in [2.05, 4.69) is 125 Å². The maximum absolute atomic E-state index is 2.94. The summed E-state index contributed by atoms with van der Waals surface area (Å²) in [5.41, 5.74) is 15.1. The zero-order valence-electron chi connectivity index (χ0n) is 33.2. The van der Waals surface area contributed by atoms with E-state index in [0.29, 0.717) is 29.1 Å². The van der Waals surface area contributed by atoms with E-state index in [9.17, 15) is 0 Å². The maximum Gasteiger partial charge on any atom is -1.00 e. The van der Waals surface area contributed by atoms with Crippen LogP contribution in [0.4, 0.5) is 0 Å². The number of rotatable bonds is 3. The third-order valence-corrected chi connectivity index (χ3v) is 25.6. The molecule has 0 amide bonds. The SMILES string of the molecule is C[C](C)=[Zr+2]([C]1=CC(C)(C23CC4CC(CC(C4)C2)C3)C=C1)[C]1(C)c2c3c(c4ccccc4c2C(C)C(C)C1C)-c1cc(C)c(C)c(C)c1C3C.[Cl-].[Cl-]. The van der Waals surface area contributed by atoms with E-state index in [1.54, 1.807) is 31.0 Å². The van der Waals surface area contributed by atoms with Gasteiger partial charge in [0.25, 0.3) is 0 Å². The van der Waals surface area contributed by atoms with E-state index < -0.39 is 21.3 Å². The molecule has 0 nitrogen and oxygen atoms in total. The van der Waals surface area contributed by atoms with Crippen LogP contribution in [0, 0.1) is 61.2 Å². The standard InChI is InChI=1S/C29H33.C16H21.C3H6.2ClH.Zr/c1-14-13-24-25(18(5)15(14)2)21(8)28-27-20(7)17(4)16(3)19(6)26(27)22-11-9-10-12-23(22)29(24)28;1-15(4-2-3-5-15)16-9-12-6-13(10-16)8-14(7-12)11-16;1-3-2;;;/h9-13,16-17,19,21H,1-8H3;2,4-5,12-14H,6-11H2,1H3;1-2H3;2*1H;/q;;;;;+2/p-2. The van der Waals surface area contributed by atoms with E-state index in [0.717, 1.165) is 17.8 Å². The summed E-state index contributed by atoms with van der Waals surface area (Å²) in [5.74, 6) is 5.21. The van der Waals surface area contributed by atoms with Gasteiger partial charge in [-0.05, 0) is 0 Å². The second-order valence-corrected chi connectivity index (χ2v) is 27.5. The minimum Gasteiger partial charge on any atom is -1.00 e. The fourth-order valence-corrected chi connectivity index (χ4v) is 24.3. The number of hydrogen-bond acceptors (Lipinski definition) is 0. The second kappa shape index (κ2) is 12.6. The van der Waals surface area contributed by atoms with Gasteiger partial charge in [-0.1, -0.05) is 0 Å². The average molecular weight is 799 g/mol. The van der Waals surface area contributed by atoms with Gasteiger partial charge in [-0.15, -0.1) is 0 Å². The van der Waals surface area contributed by atoms with Gasteiger partial charge in [0.15, 0.2) is 0 Å². The molecule has 4 saturated carbocycles. The van der Waals surface area contributed by atoms with E-state index in [4.69, 9.17) is 0 Å². The quantitative estimate of drug-likeness (QED) is 0.268. The Morgan fingerprint density at radius 3 is 1.94 bits per heavy atom. The van der Waals surface area contributed by atoms with Crippen LogP contribution in [-0.2, 0) is 24.4 Å². The first kappa shape index (κ1) is 38.0. The summed E-state index contributed by atoms with van der Waals surface area (Å²) in [6, 6.07) is 12.1. The average Bonchev–Trinajstić information content (AvgIpc) is 3.58. The van der Waals surface area contributed by atoms with Crippen LogP contribution in [0.3, 0.4) is 0 Å². The molecule has 3 heteroatoms. The van der Waals surface area contributed by atoms with Crippen LogP contribution in [0.25, 0.3) is 21.9 Å². The van der Waals surface area contributed by atoms with Crippen LogP contribution in [0.1, 0.15) is 145 Å². The van der Waals surface area contributed by atoms with Gasteiger partial charge in [0.05, 0.1) is 0 Å². The molecule has 0 spiro atoms. The van der Waals surface area contributed by atoms with E-state index in [1.165, 1.54) is 71.6 Å². The summed E-state index contributed by atoms with van der Waals surface area (Å²) in [4.78, 5) is 0. The van der Waals surface area contributed by atoms with Crippen molar-refractivity contribution in [3.05, 3.63) is 90.8 Å². The van der Waals surface area contributed by atoms with Crippen molar-refractivity contribution in [2.75, 3.05) is 0 Å². The Labute approximate surface area is 329 Å². The molecule has 0 heterocycles. The molecule has 10 rings (SSSR count). The summed E-state index contributed by atoms with van der Waals surface area (Å²) in [7, 11) is 0. The van der Waals surface area contributed by atoms with Crippen molar-refractivity contribution in [2.45, 2.75) is 130 Å². The molecule has 6 atom stereocenters. The van der Waals surface area contributed by atoms with Crippen LogP contribution in [0.15, 0.2) is 51.8 Å². The molecule has 0 aromatic heterocycles. The third kappa shape index (κ3) is 4.94. The first-order valence-corrected chi connectivity index (χ1v) is 23.7. The molecule has 0 N–H and O–H groups in total. The van der Waals surface area contributed by atoms with Gasteiger partial charge >= 0.3 is 307 Å². The Morgan fingerprint density at radius 2 is 1.35 bits per heavy atom. The zero-order valence-corrected chi connectivity index (χ0v) is 37.1.